The molecule has 1 N–H and O–H groups in total. The maximum atomic E-state index is 12.6. The second kappa shape index (κ2) is 7.27. The molecule has 0 radical (unpaired) electrons. The Hall–Kier alpha value is -2.34. The fraction of sp³-hybridized carbons (Fsp3) is 0.316. The lowest BCUT2D eigenvalue weighted by molar-refractivity contribution is 0.174. The van der Waals surface area contributed by atoms with E-state index < -0.39 is 0 Å². The summed E-state index contributed by atoms with van der Waals surface area (Å²) in [4.78, 5) is 14.5. The van der Waals surface area contributed by atoms with Crippen LogP contribution in [0.1, 0.15) is 17.2 Å². The second-order valence-electron chi connectivity index (χ2n) is 6.04. The van der Waals surface area contributed by atoms with Gasteiger partial charge in [0.15, 0.2) is 11.5 Å². The van der Waals surface area contributed by atoms with E-state index in [-0.39, 0.29) is 12.8 Å². The van der Waals surface area contributed by atoms with Crippen molar-refractivity contribution in [1.29, 1.82) is 0 Å². The van der Waals surface area contributed by atoms with Gasteiger partial charge in [-0.1, -0.05) is 30.3 Å². The molecule has 2 aromatic rings. The largest absolute Gasteiger partial charge is 0.454 e. The lowest BCUT2D eigenvalue weighted by Gasteiger charge is -2.21. The zero-order valence-corrected chi connectivity index (χ0v) is 14.6. The normalized spacial score (nSPS) is 19.4. The Bertz CT molecular complexity index is 754. The molecule has 4 rings (SSSR count). The van der Waals surface area contributed by atoms with Crippen molar-refractivity contribution < 1.29 is 14.3 Å². The Morgan fingerprint density at radius 3 is 2.80 bits per heavy atom. The van der Waals surface area contributed by atoms with Crippen LogP contribution in [0.15, 0.2) is 48.5 Å². The average molecular weight is 356 g/mol. The average Bonchev–Trinajstić information content (AvgIpc) is 2.96. The molecule has 6 heteroatoms. The number of carbonyl (C=O) groups is 1. The Morgan fingerprint density at radius 1 is 1.08 bits per heavy atom. The van der Waals surface area contributed by atoms with E-state index in [1.807, 2.05) is 34.9 Å². The zero-order chi connectivity index (χ0) is 17.1. The van der Waals surface area contributed by atoms with Crippen molar-refractivity contribution in [3.63, 3.8) is 0 Å². The van der Waals surface area contributed by atoms with E-state index >= 15 is 0 Å². The number of carbonyl (C=O) groups excluding carboxylic acids is 1. The number of hydrogen-bond acceptors (Lipinski definition) is 4. The number of amides is 2. The van der Waals surface area contributed by atoms with Gasteiger partial charge >= 0.3 is 6.03 Å². The molecule has 2 aliphatic heterocycles. The van der Waals surface area contributed by atoms with Crippen molar-refractivity contribution >= 4 is 23.5 Å². The molecule has 1 fully saturated rings. The number of rotatable bonds is 2. The van der Waals surface area contributed by atoms with Gasteiger partial charge in [-0.05, 0) is 24.1 Å². The maximum absolute atomic E-state index is 12.6. The Balaban J connectivity index is 1.38. The third kappa shape index (κ3) is 3.69. The smallest absolute Gasteiger partial charge is 0.321 e. The quantitative estimate of drug-likeness (QED) is 0.879. The number of nitrogens with zero attached hydrogens (tertiary/aromatic N) is 1. The molecule has 5 nitrogen and oxygen atoms in total. The molecular weight excluding hydrogens is 336 g/mol. The standard InChI is InChI=1S/C19H20N2O3S/c22-19(20-15-6-7-16-17(12-15)24-13-23-16)21-9-8-18(25-11-10-21)14-4-2-1-3-5-14/h1-7,12,18H,8-11,13H2,(H,20,22). The fourth-order valence-corrected chi connectivity index (χ4v) is 4.32. The first kappa shape index (κ1) is 16.1. The molecule has 2 aromatic carbocycles. The summed E-state index contributed by atoms with van der Waals surface area (Å²) < 4.78 is 10.7. The molecule has 2 amide bonds. The first-order valence-corrected chi connectivity index (χ1v) is 9.46. The van der Waals surface area contributed by atoms with E-state index in [1.165, 1.54) is 5.56 Å². The minimum atomic E-state index is -0.0619. The van der Waals surface area contributed by atoms with Crippen molar-refractivity contribution in [3.8, 4) is 11.5 Å². The van der Waals surface area contributed by atoms with Crippen LogP contribution in [-0.4, -0.2) is 36.6 Å². The van der Waals surface area contributed by atoms with E-state index in [1.54, 1.807) is 6.07 Å². The molecule has 0 saturated carbocycles. The van der Waals surface area contributed by atoms with Gasteiger partial charge in [0.1, 0.15) is 0 Å². The van der Waals surface area contributed by atoms with Gasteiger partial charge in [0.2, 0.25) is 6.79 Å². The summed E-state index contributed by atoms with van der Waals surface area (Å²) in [5.41, 5.74) is 2.07. The van der Waals surface area contributed by atoms with E-state index in [0.717, 1.165) is 36.7 Å². The first-order valence-electron chi connectivity index (χ1n) is 8.42. The molecule has 1 atom stereocenters. The van der Waals surface area contributed by atoms with Gasteiger partial charge in [-0.25, -0.2) is 4.79 Å². The van der Waals surface area contributed by atoms with Crippen LogP contribution >= 0.6 is 11.8 Å². The third-order valence-electron chi connectivity index (χ3n) is 4.42. The number of hydrogen-bond donors (Lipinski definition) is 1. The van der Waals surface area contributed by atoms with Crippen LogP contribution in [0, 0.1) is 0 Å². The van der Waals surface area contributed by atoms with Gasteiger partial charge in [0.25, 0.3) is 0 Å². The Morgan fingerprint density at radius 2 is 1.92 bits per heavy atom. The summed E-state index contributed by atoms with van der Waals surface area (Å²) >= 11 is 1.92. The third-order valence-corrected chi connectivity index (χ3v) is 5.75. The van der Waals surface area contributed by atoms with Crippen LogP contribution in [0.4, 0.5) is 10.5 Å². The molecule has 0 spiro atoms. The lowest BCUT2D eigenvalue weighted by atomic mass is 10.1. The molecule has 1 unspecified atom stereocenters. The van der Waals surface area contributed by atoms with Gasteiger partial charge in [-0.2, -0.15) is 11.8 Å². The van der Waals surface area contributed by atoms with E-state index in [9.17, 15) is 4.79 Å². The highest BCUT2D eigenvalue weighted by Gasteiger charge is 2.22. The predicted molar refractivity (Wildman–Crippen MR) is 99.4 cm³/mol. The van der Waals surface area contributed by atoms with Crippen LogP contribution in [0.3, 0.4) is 0 Å². The number of thioether (sulfide) groups is 1. The molecule has 0 aromatic heterocycles. The SMILES string of the molecule is O=C(Nc1ccc2c(c1)OCO2)N1CCSC(c2ccccc2)CC1. The maximum Gasteiger partial charge on any atom is 0.321 e. The number of fused-ring (bicyclic) bond motifs is 1. The van der Waals surface area contributed by atoms with Crippen molar-refractivity contribution in [2.45, 2.75) is 11.7 Å². The highest BCUT2D eigenvalue weighted by atomic mass is 32.2. The zero-order valence-electron chi connectivity index (χ0n) is 13.8. The van der Waals surface area contributed by atoms with Crippen LogP contribution in [-0.2, 0) is 0 Å². The highest BCUT2D eigenvalue weighted by molar-refractivity contribution is 7.99. The lowest BCUT2D eigenvalue weighted by Crippen LogP contribution is -2.36. The van der Waals surface area contributed by atoms with E-state index in [0.29, 0.717) is 11.0 Å². The summed E-state index contributed by atoms with van der Waals surface area (Å²) in [5, 5.41) is 3.41. The summed E-state index contributed by atoms with van der Waals surface area (Å²) in [5.74, 6) is 2.33. The molecule has 130 valence electrons. The van der Waals surface area contributed by atoms with Crippen molar-refractivity contribution in [2.24, 2.45) is 0 Å². The number of urea groups is 1. The van der Waals surface area contributed by atoms with Crippen LogP contribution in [0.2, 0.25) is 0 Å². The number of ether oxygens (including phenoxy) is 2. The summed E-state index contributed by atoms with van der Waals surface area (Å²) in [6.07, 6.45) is 0.962. The van der Waals surface area contributed by atoms with Crippen molar-refractivity contribution in [2.75, 3.05) is 31.0 Å². The summed E-state index contributed by atoms with van der Waals surface area (Å²) in [7, 11) is 0. The fourth-order valence-electron chi connectivity index (χ4n) is 3.08. The van der Waals surface area contributed by atoms with Gasteiger partial charge in [-0.15, -0.1) is 0 Å². The number of nitrogens with one attached hydrogen (secondary N) is 1. The minimum absolute atomic E-state index is 0.0619. The minimum Gasteiger partial charge on any atom is -0.454 e. The molecule has 2 aliphatic rings. The van der Waals surface area contributed by atoms with Crippen LogP contribution in [0.5, 0.6) is 11.5 Å². The number of benzene rings is 2. The second-order valence-corrected chi connectivity index (χ2v) is 7.35. The Kier molecular flexibility index (Phi) is 4.70. The van der Waals surface area contributed by atoms with E-state index in [2.05, 4.69) is 29.6 Å². The highest BCUT2D eigenvalue weighted by Crippen LogP contribution is 2.35. The van der Waals surface area contributed by atoms with Crippen molar-refractivity contribution in [3.05, 3.63) is 54.1 Å². The first-order chi connectivity index (χ1) is 12.3. The predicted octanol–water partition coefficient (Wildman–Crippen LogP) is 4.13. The van der Waals surface area contributed by atoms with Crippen LogP contribution in [0.25, 0.3) is 0 Å². The number of anilines is 1. The van der Waals surface area contributed by atoms with Crippen molar-refractivity contribution in [1.82, 2.24) is 4.90 Å². The van der Waals surface area contributed by atoms with E-state index in [4.69, 9.17) is 9.47 Å². The molecule has 2 heterocycles. The monoisotopic (exact) mass is 356 g/mol. The summed E-state index contributed by atoms with van der Waals surface area (Å²) in [6.45, 7) is 1.74. The van der Waals surface area contributed by atoms with Gasteiger partial charge in [0, 0.05) is 35.8 Å². The molecule has 25 heavy (non-hydrogen) atoms. The summed E-state index contributed by atoms with van der Waals surface area (Å²) in [6, 6.07) is 15.9. The topological polar surface area (TPSA) is 50.8 Å². The molecule has 0 bridgehead atoms. The van der Waals surface area contributed by atoms with Crippen LogP contribution < -0.4 is 14.8 Å². The van der Waals surface area contributed by atoms with Gasteiger partial charge in [0.05, 0.1) is 0 Å². The van der Waals surface area contributed by atoms with Gasteiger partial charge < -0.3 is 19.7 Å². The van der Waals surface area contributed by atoms with Gasteiger partial charge in [-0.3, -0.25) is 0 Å². The molecular formula is C19H20N2O3S. The molecule has 1 saturated heterocycles. The Labute approximate surface area is 151 Å². The molecule has 0 aliphatic carbocycles.